The van der Waals surface area contributed by atoms with Crippen LogP contribution in [0.25, 0.3) is 22.9 Å². The molecule has 0 saturated heterocycles. The van der Waals surface area contributed by atoms with Gasteiger partial charge in [-0.2, -0.15) is 0 Å². The number of hydrogen-bond acceptors (Lipinski definition) is 1. The molecule has 0 spiro atoms. The average Bonchev–Trinajstić information content (AvgIpc) is 2.95. The third kappa shape index (κ3) is 2.91. The fraction of sp³-hybridized carbons (Fsp3) is 0.0500. The predicted octanol–water partition coefficient (Wildman–Crippen LogP) is 5.15. The van der Waals surface area contributed by atoms with Gasteiger partial charge < -0.3 is 0 Å². The second-order valence-electron chi connectivity index (χ2n) is 4.91. The van der Waals surface area contributed by atoms with Crippen molar-refractivity contribution in [3.8, 4) is 11.3 Å². The highest BCUT2D eigenvalue weighted by Crippen LogP contribution is 2.25. The Morgan fingerprint density at radius 2 is 1.64 bits per heavy atom. The molecule has 0 N–H and O–H groups in total. The highest BCUT2D eigenvalue weighted by Gasteiger charge is 2.09. The van der Waals surface area contributed by atoms with E-state index in [4.69, 9.17) is 4.98 Å². The zero-order chi connectivity index (χ0) is 15.2. The van der Waals surface area contributed by atoms with Gasteiger partial charge in [-0.15, -0.1) is 0 Å². The maximum absolute atomic E-state index is 4.80. The molecule has 3 rings (SSSR count). The Labute approximate surface area is 130 Å². The first-order valence-electron chi connectivity index (χ1n) is 7.38. The zero-order valence-electron chi connectivity index (χ0n) is 12.6. The number of allylic oxidation sites excluding steroid dienone is 5. The van der Waals surface area contributed by atoms with Crippen LogP contribution >= 0.6 is 0 Å². The molecule has 0 saturated carbocycles. The van der Waals surface area contributed by atoms with E-state index in [9.17, 15) is 0 Å². The molecule has 2 heterocycles. The largest absolute Gasteiger partial charge is 0.300 e. The topological polar surface area (TPSA) is 17.3 Å². The second kappa shape index (κ2) is 6.72. The SMILES string of the molecule is C\C=C/C=C\C=C\c1nc(-c2ccccc2)c2ccccn12. The Kier molecular flexibility index (Phi) is 4.30. The summed E-state index contributed by atoms with van der Waals surface area (Å²) in [4.78, 5) is 4.80. The van der Waals surface area contributed by atoms with E-state index in [1.54, 1.807) is 0 Å². The molecule has 1 aromatic carbocycles. The van der Waals surface area contributed by atoms with Gasteiger partial charge in [-0.1, -0.05) is 66.8 Å². The molecule has 0 unspecified atom stereocenters. The number of aromatic nitrogens is 2. The van der Waals surface area contributed by atoms with Gasteiger partial charge in [0.1, 0.15) is 5.82 Å². The van der Waals surface area contributed by atoms with E-state index in [0.29, 0.717) is 0 Å². The summed E-state index contributed by atoms with van der Waals surface area (Å²) in [6.07, 6.45) is 14.1. The van der Waals surface area contributed by atoms with Crippen molar-refractivity contribution in [2.24, 2.45) is 0 Å². The van der Waals surface area contributed by atoms with Crippen molar-refractivity contribution in [2.75, 3.05) is 0 Å². The standard InChI is InChI=1S/C20H18N2/c1-2-3-4-5-9-15-19-21-20(17-12-7-6-8-13-17)18-14-10-11-16-22(18)19/h2-16H,1H3/b3-2-,5-4-,15-9+. The van der Waals surface area contributed by atoms with Crippen LogP contribution in [0.3, 0.4) is 0 Å². The van der Waals surface area contributed by atoms with Crippen LogP contribution in [0.5, 0.6) is 0 Å². The number of benzene rings is 1. The summed E-state index contributed by atoms with van der Waals surface area (Å²) in [6, 6.07) is 16.5. The highest BCUT2D eigenvalue weighted by molar-refractivity contribution is 5.79. The Hall–Kier alpha value is -2.87. The Morgan fingerprint density at radius 1 is 0.864 bits per heavy atom. The molecule has 0 atom stereocenters. The lowest BCUT2D eigenvalue weighted by atomic mass is 10.1. The molecule has 0 aliphatic heterocycles. The van der Waals surface area contributed by atoms with Crippen molar-refractivity contribution >= 4 is 11.6 Å². The van der Waals surface area contributed by atoms with Crippen LogP contribution < -0.4 is 0 Å². The summed E-state index contributed by atoms with van der Waals surface area (Å²) in [7, 11) is 0. The molecule has 0 bridgehead atoms. The van der Waals surface area contributed by atoms with Gasteiger partial charge in [-0.05, 0) is 25.1 Å². The second-order valence-corrected chi connectivity index (χ2v) is 4.91. The van der Waals surface area contributed by atoms with Crippen molar-refractivity contribution in [3.05, 3.63) is 90.9 Å². The molecular formula is C20H18N2. The van der Waals surface area contributed by atoms with Crippen LogP contribution in [-0.4, -0.2) is 9.38 Å². The summed E-state index contributed by atoms with van der Waals surface area (Å²) in [5, 5.41) is 0. The van der Waals surface area contributed by atoms with Gasteiger partial charge >= 0.3 is 0 Å². The van der Waals surface area contributed by atoms with Crippen LogP contribution in [0.2, 0.25) is 0 Å². The van der Waals surface area contributed by atoms with Crippen LogP contribution in [0.15, 0.2) is 85.1 Å². The Bertz CT molecular complexity index is 837. The first-order valence-corrected chi connectivity index (χ1v) is 7.38. The molecule has 2 nitrogen and oxygen atoms in total. The summed E-state index contributed by atoms with van der Waals surface area (Å²) in [5.74, 6) is 0.930. The third-order valence-corrected chi connectivity index (χ3v) is 3.39. The zero-order valence-corrected chi connectivity index (χ0v) is 12.6. The molecule has 22 heavy (non-hydrogen) atoms. The Morgan fingerprint density at radius 3 is 2.45 bits per heavy atom. The van der Waals surface area contributed by atoms with E-state index in [1.807, 2.05) is 79.9 Å². The molecule has 3 aromatic rings. The summed E-state index contributed by atoms with van der Waals surface area (Å²) >= 11 is 0. The normalized spacial score (nSPS) is 12.2. The molecule has 0 fully saturated rings. The minimum Gasteiger partial charge on any atom is -0.300 e. The van der Waals surface area contributed by atoms with E-state index in [0.717, 1.165) is 22.6 Å². The molecule has 2 heteroatoms. The Balaban J connectivity index is 2.05. The number of fused-ring (bicyclic) bond motifs is 1. The molecule has 0 amide bonds. The molecular weight excluding hydrogens is 268 g/mol. The van der Waals surface area contributed by atoms with Crippen molar-refractivity contribution in [2.45, 2.75) is 6.92 Å². The van der Waals surface area contributed by atoms with E-state index in [2.05, 4.69) is 22.6 Å². The van der Waals surface area contributed by atoms with E-state index < -0.39 is 0 Å². The van der Waals surface area contributed by atoms with Crippen molar-refractivity contribution in [3.63, 3.8) is 0 Å². The molecule has 0 aliphatic rings. The molecule has 0 radical (unpaired) electrons. The first-order chi connectivity index (χ1) is 10.9. The van der Waals surface area contributed by atoms with Crippen LogP contribution in [-0.2, 0) is 0 Å². The van der Waals surface area contributed by atoms with Gasteiger partial charge in [-0.3, -0.25) is 4.40 Å². The maximum atomic E-state index is 4.80. The summed E-state index contributed by atoms with van der Waals surface area (Å²) in [6.45, 7) is 2.00. The predicted molar refractivity (Wildman–Crippen MR) is 93.6 cm³/mol. The van der Waals surface area contributed by atoms with E-state index in [-0.39, 0.29) is 0 Å². The van der Waals surface area contributed by atoms with Crippen LogP contribution in [0.1, 0.15) is 12.7 Å². The van der Waals surface area contributed by atoms with Crippen LogP contribution in [0.4, 0.5) is 0 Å². The van der Waals surface area contributed by atoms with Gasteiger partial charge in [0.15, 0.2) is 0 Å². The van der Waals surface area contributed by atoms with Gasteiger partial charge in [-0.25, -0.2) is 4.98 Å². The molecule has 0 aliphatic carbocycles. The number of rotatable bonds is 4. The number of hydrogen-bond donors (Lipinski definition) is 0. The summed E-state index contributed by atoms with van der Waals surface area (Å²) in [5.41, 5.74) is 3.26. The van der Waals surface area contributed by atoms with Crippen molar-refractivity contribution < 1.29 is 0 Å². The maximum Gasteiger partial charge on any atom is 0.137 e. The quantitative estimate of drug-likeness (QED) is 0.606. The minimum absolute atomic E-state index is 0.930. The number of nitrogens with zero attached hydrogens (tertiary/aromatic N) is 2. The lowest BCUT2D eigenvalue weighted by Gasteiger charge is -1.97. The van der Waals surface area contributed by atoms with E-state index >= 15 is 0 Å². The first kappa shape index (κ1) is 14.1. The van der Waals surface area contributed by atoms with Gasteiger partial charge in [0.05, 0.1) is 11.2 Å². The minimum atomic E-state index is 0.930. The van der Waals surface area contributed by atoms with Gasteiger partial charge in [0.2, 0.25) is 0 Å². The van der Waals surface area contributed by atoms with Gasteiger partial charge in [0, 0.05) is 11.8 Å². The van der Waals surface area contributed by atoms with Crippen molar-refractivity contribution in [1.29, 1.82) is 0 Å². The average molecular weight is 286 g/mol. The van der Waals surface area contributed by atoms with Gasteiger partial charge in [0.25, 0.3) is 0 Å². The lowest BCUT2D eigenvalue weighted by molar-refractivity contribution is 1.12. The highest BCUT2D eigenvalue weighted by atomic mass is 15.0. The summed E-state index contributed by atoms with van der Waals surface area (Å²) < 4.78 is 2.11. The fourth-order valence-corrected chi connectivity index (χ4v) is 2.37. The molecule has 108 valence electrons. The van der Waals surface area contributed by atoms with E-state index in [1.165, 1.54) is 0 Å². The lowest BCUT2D eigenvalue weighted by Crippen LogP contribution is -1.85. The number of imidazole rings is 1. The monoisotopic (exact) mass is 286 g/mol. The molecule has 2 aromatic heterocycles. The smallest absolute Gasteiger partial charge is 0.137 e. The third-order valence-electron chi connectivity index (χ3n) is 3.39. The van der Waals surface area contributed by atoms with Crippen LogP contribution in [0, 0.1) is 0 Å². The number of pyridine rings is 1. The fourth-order valence-electron chi connectivity index (χ4n) is 2.37. The van der Waals surface area contributed by atoms with Crippen molar-refractivity contribution in [1.82, 2.24) is 9.38 Å².